The lowest BCUT2D eigenvalue weighted by atomic mass is 10.2. The van der Waals surface area contributed by atoms with Gasteiger partial charge in [0.25, 0.3) is 0 Å². The van der Waals surface area contributed by atoms with E-state index in [2.05, 4.69) is 38.2 Å². The first kappa shape index (κ1) is 21.7. The van der Waals surface area contributed by atoms with E-state index in [0.29, 0.717) is 31.5 Å². The van der Waals surface area contributed by atoms with Gasteiger partial charge in [0.15, 0.2) is 5.96 Å². The molecule has 1 aromatic heterocycles. The van der Waals surface area contributed by atoms with Crippen LogP contribution in [0.4, 0.5) is 11.5 Å². The average molecular weight is 413 g/mol. The zero-order chi connectivity index (χ0) is 21.3. The molecule has 1 aliphatic rings. The SMILES string of the molecule is CCOc1ccc(OCC)c(NC(N)=NCc2cccnc2N2CCN(C)CC2)c1. The van der Waals surface area contributed by atoms with E-state index in [-0.39, 0.29) is 0 Å². The highest BCUT2D eigenvalue weighted by Crippen LogP contribution is 2.29. The molecule has 0 atom stereocenters. The van der Waals surface area contributed by atoms with Crippen molar-refractivity contribution in [1.29, 1.82) is 0 Å². The number of anilines is 2. The lowest BCUT2D eigenvalue weighted by Crippen LogP contribution is -2.45. The molecule has 1 aliphatic heterocycles. The number of ether oxygens (including phenoxy) is 2. The summed E-state index contributed by atoms with van der Waals surface area (Å²) in [6.45, 7) is 9.46. The van der Waals surface area contributed by atoms with Gasteiger partial charge in [-0.25, -0.2) is 9.98 Å². The summed E-state index contributed by atoms with van der Waals surface area (Å²) in [5.41, 5.74) is 7.98. The first-order valence-electron chi connectivity index (χ1n) is 10.4. The van der Waals surface area contributed by atoms with Gasteiger partial charge in [-0.3, -0.25) is 0 Å². The number of hydrogen-bond donors (Lipinski definition) is 2. The average Bonchev–Trinajstić information content (AvgIpc) is 2.75. The molecular weight excluding hydrogens is 380 g/mol. The Bertz CT molecular complexity index is 849. The summed E-state index contributed by atoms with van der Waals surface area (Å²) in [6.07, 6.45) is 1.83. The number of nitrogens with one attached hydrogen (secondary N) is 1. The van der Waals surface area contributed by atoms with Gasteiger partial charge in [0.05, 0.1) is 25.4 Å². The van der Waals surface area contributed by atoms with Crippen molar-refractivity contribution in [1.82, 2.24) is 9.88 Å². The van der Waals surface area contributed by atoms with E-state index in [0.717, 1.165) is 49.0 Å². The van der Waals surface area contributed by atoms with Crippen molar-refractivity contribution >= 4 is 17.5 Å². The fourth-order valence-electron chi connectivity index (χ4n) is 3.35. The normalized spacial score (nSPS) is 15.2. The van der Waals surface area contributed by atoms with Crippen LogP contribution in [0.1, 0.15) is 19.4 Å². The number of nitrogens with zero attached hydrogens (tertiary/aromatic N) is 4. The van der Waals surface area contributed by atoms with E-state index in [9.17, 15) is 0 Å². The predicted octanol–water partition coefficient (Wildman–Crippen LogP) is 2.56. The zero-order valence-corrected chi connectivity index (χ0v) is 18.1. The van der Waals surface area contributed by atoms with Gasteiger partial charge in [-0.05, 0) is 39.1 Å². The highest BCUT2D eigenvalue weighted by molar-refractivity contribution is 5.94. The number of piperazine rings is 1. The van der Waals surface area contributed by atoms with Gasteiger partial charge in [0.1, 0.15) is 17.3 Å². The second-order valence-corrected chi connectivity index (χ2v) is 7.13. The Morgan fingerprint density at radius 2 is 1.90 bits per heavy atom. The van der Waals surface area contributed by atoms with Crippen LogP contribution in [0.2, 0.25) is 0 Å². The van der Waals surface area contributed by atoms with Crippen molar-refractivity contribution in [3.63, 3.8) is 0 Å². The molecule has 0 radical (unpaired) electrons. The highest BCUT2D eigenvalue weighted by atomic mass is 16.5. The third kappa shape index (κ3) is 5.76. The molecule has 30 heavy (non-hydrogen) atoms. The molecule has 1 aromatic carbocycles. The highest BCUT2D eigenvalue weighted by Gasteiger charge is 2.17. The molecule has 1 saturated heterocycles. The molecule has 162 valence electrons. The second kappa shape index (κ2) is 10.7. The van der Waals surface area contributed by atoms with Crippen LogP contribution in [0.25, 0.3) is 0 Å². The first-order chi connectivity index (χ1) is 14.6. The van der Waals surface area contributed by atoms with Gasteiger partial charge >= 0.3 is 0 Å². The quantitative estimate of drug-likeness (QED) is 0.509. The number of hydrogen-bond acceptors (Lipinski definition) is 6. The molecule has 1 fully saturated rings. The third-order valence-electron chi connectivity index (χ3n) is 4.91. The van der Waals surface area contributed by atoms with Crippen molar-refractivity contribution in [2.45, 2.75) is 20.4 Å². The van der Waals surface area contributed by atoms with Crippen LogP contribution < -0.4 is 25.4 Å². The smallest absolute Gasteiger partial charge is 0.193 e. The Balaban J connectivity index is 1.72. The number of likely N-dealkylation sites (N-methyl/N-ethyl adjacent to an activating group) is 1. The minimum atomic E-state index is 0.317. The maximum Gasteiger partial charge on any atom is 0.193 e. The molecule has 8 heteroatoms. The molecule has 0 saturated carbocycles. The van der Waals surface area contributed by atoms with E-state index in [1.807, 2.05) is 44.3 Å². The standard InChI is InChI=1S/C22H32N6O2/c1-4-29-18-8-9-20(30-5-2)19(15-18)26-22(23)25-16-17-7-6-10-24-21(17)28-13-11-27(3)12-14-28/h6-10,15H,4-5,11-14,16H2,1-3H3,(H3,23,25,26). The fourth-order valence-corrected chi connectivity index (χ4v) is 3.35. The summed E-state index contributed by atoms with van der Waals surface area (Å²) in [7, 11) is 2.14. The van der Waals surface area contributed by atoms with Crippen LogP contribution in [0, 0.1) is 0 Å². The van der Waals surface area contributed by atoms with Gasteiger partial charge in [0, 0.05) is 44.0 Å². The Morgan fingerprint density at radius 1 is 1.13 bits per heavy atom. The Hall–Kier alpha value is -3.00. The third-order valence-corrected chi connectivity index (χ3v) is 4.91. The summed E-state index contributed by atoms with van der Waals surface area (Å²) in [5, 5.41) is 3.15. The number of aliphatic imine (C=N–C) groups is 1. The number of pyridine rings is 1. The van der Waals surface area contributed by atoms with Crippen molar-refractivity contribution in [3.05, 3.63) is 42.1 Å². The molecule has 3 rings (SSSR count). The predicted molar refractivity (Wildman–Crippen MR) is 122 cm³/mol. The largest absolute Gasteiger partial charge is 0.494 e. The number of aromatic nitrogens is 1. The molecule has 2 heterocycles. The Labute approximate surface area is 178 Å². The maximum absolute atomic E-state index is 6.19. The minimum absolute atomic E-state index is 0.317. The van der Waals surface area contributed by atoms with Gasteiger partial charge in [-0.15, -0.1) is 0 Å². The lowest BCUT2D eigenvalue weighted by molar-refractivity contribution is 0.312. The summed E-state index contributed by atoms with van der Waals surface area (Å²) in [6, 6.07) is 9.61. The molecular formula is C22H32N6O2. The molecule has 0 spiro atoms. The monoisotopic (exact) mass is 412 g/mol. The molecule has 0 amide bonds. The van der Waals surface area contributed by atoms with E-state index in [4.69, 9.17) is 15.2 Å². The van der Waals surface area contributed by atoms with Gasteiger partial charge in [0.2, 0.25) is 0 Å². The topological polar surface area (TPSA) is 88.2 Å². The second-order valence-electron chi connectivity index (χ2n) is 7.13. The molecule has 3 N–H and O–H groups in total. The number of guanidine groups is 1. The maximum atomic E-state index is 6.19. The molecule has 0 bridgehead atoms. The van der Waals surface area contributed by atoms with Crippen molar-refractivity contribution in [3.8, 4) is 11.5 Å². The number of rotatable bonds is 8. The van der Waals surface area contributed by atoms with E-state index in [1.54, 1.807) is 0 Å². The van der Waals surface area contributed by atoms with E-state index in [1.165, 1.54) is 0 Å². The van der Waals surface area contributed by atoms with E-state index < -0.39 is 0 Å². The van der Waals surface area contributed by atoms with Crippen LogP contribution in [-0.4, -0.2) is 62.3 Å². The van der Waals surface area contributed by atoms with Crippen LogP contribution in [-0.2, 0) is 6.54 Å². The molecule has 8 nitrogen and oxygen atoms in total. The minimum Gasteiger partial charge on any atom is -0.494 e. The van der Waals surface area contributed by atoms with Gasteiger partial charge in [-0.1, -0.05) is 6.07 Å². The number of nitrogens with two attached hydrogens (primary N) is 1. The van der Waals surface area contributed by atoms with Crippen LogP contribution >= 0.6 is 0 Å². The van der Waals surface area contributed by atoms with Crippen LogP contribution in [0.5, 0.6) is 11.5 Å². The van der Waals surface area contributed by atoms with Crippen LogP contribution in [0.15, 0.2) is 41.5 Å². The Morgan fingerprint density at radius 3 is 2.63 bits per heavy atom. The van der Waals surface area contributed by atoms with Crippen molar-refractivity contribution < 1.29 is 9.47 Å². The summed E-state index contributed by atoms with van der Waals surface area (Å²) >= 11 is 0. The first-order valence-corrected chi connectivity index (χ1v) is 10.4. The summed E-state index contributed by atoms with van der Waals surface area (Å²) in [5.74, 6) is 2.76. The molecule has 0 unspecified atom stereocenters. The number of benzene rings is 1. The summed E-state index contributed by atoms with van der Waals surface area (Å²) in [4.78, 5) is 13.8. The van der Waals surface area contributed by atoms with Crippen LogP contribution in [0.3, 0.4) is 0 Å². The van der Waals surface area contributed by atoms with Gasteiger partial charge in [-0.2, -0.15) is 0 Å². The summed E-state index contributed by atoms with van der Waals surface area (Å²) < 4.78 is 11.3. The molecule has 0 aliphatic carbocycles. The van der Waals surface area contributed by atoms with Crippen molar-refractivity contribution in [2.24, 2.45) is 10.7 Å². The molecule has 2 aromatic rings. The van der Waals surface area contributed by atoms with Crippen molar-refractivity contribution in [2.75, 3.05) is 56.7 Å². The Kier molecular flexibility index (Phi) is 7.73. The van der Waals surface area contributed by atoms with E-state index >= 15 is 0 Å². The zero-order valence-electron chi connectivity index (χ0n) is 18.1. The van der Waals surface area contributed by atoms with Gasteiger partial charge < -0.3 is 30.3 Å². The lowest BCUT2D eigenvalue weighted by Gasteiger charge is -2.34. The fraction of sp³-hybridized carbons (Fsp3) is 0.455.